The minimum Gasteiger partial charge on any atom is -0.373 e. The standard InChI is InChI=1S/C16H25N3O/c1-3-4-13-6-8-16(20)19(10-9-13)12-14-5-7-15(17-2)18-11-14/h5,7,11,13H,3-4,6,8-10,12H2,1-2H3,(H,17,18). The molecule has 0 bridgehead atoms. The molecular formula is C16H25N3O. The molecule has 1 aliphatic heterocycles. The fraction of sp³-hybridized carbons (Fsp3) is 0.625. The third-order valence-electron chi connectivity index (χ3n) is 4.08. The first-order chi connectivity index (χ1) is 9.72. The van der Waals surface area contributed by atoms with Crippen molar-refractivity contribution in [1.29, 1.82) is 0 Å². The average Bonchev–Trinajstić information content (AvgIpc) is 2.64. The van der Waals surface area contributed by atoms with Crippen LogP contribution in [0.1, 0.15) is 44.6 Å². The molecule has 1 aromatic rings. The Kier molecular flexibility index (Phi) is 5.39. The van der Waals surface area contributed by atoms with Gasteiger partial charge in [-0.05, 0) is 30.4 Å². The van der Waals surface area contributed by atoms with Crippen LogP contribution in [0.25, 0.3) is 0 Å². The Bertz CT molecular complexity index is 430. The van der Waals surface area contributed by atoms with Crippen LogP contribution >= 0.6 is 0 Å². The number of hydrogen-bond acceptors (Lipinski definition) is 3. The topological polar surface area (TPSA) is 45.2 Å². The molecule has 0 spiro atoms. The van der Waals surface area contributed by atoms with Crippen LogP contribution < -0.4 is 5.32 Å². The van der Waals surface area contributed by atoms with E-state index in [-0.39, 0.29) is 0 Å². The van der Waals surface area contributed by atoms with Crippen LogP contribution in [0.4, 0.5) is 5.82 Å². The molecule has 1 aromatic heterocycles. The molecule has 0 radical (unpaired) electrons. The number of carbonyl (C=O) groups excluding carboxylic acids is 1. The Labute approximate surface area is 121 Å². The van der Waals surface area contributed by atoms with E-state index >= 15 is 0 Å². The van der Waals surface area contributed by atoms with Gasteiger partial charge in [0, 0.05) is 32.8 Å². The molecule has 4 nitrogen and oxygen atoms in total. The van der Waals surface area contributed by atoms with Gasteiger partial charge in [-0.25, -0.2) is 4.98 Å². The van der Waals surface area contributed by atoms with Gasteiger partial charge in [-0.3, -0.25) is 4.79 Å². The Morgan fingerprint density at radius 3 is 2.90 bits per heavy atom. The first-order valence-electron chi connectivity index (χ1n) is 7.63. The van der Waals surface area contributed by atoms with Gasteiger partial charge in [0.2, 0.25) is 5.91 Å². The van der Waals surface area contributed by atoms with Gasteiger partial charge in [0.25, 0.3) is 0 Å². The number of likely N-dealkylation sites (tertiary alicyclic amines) is 1. The van der Waals surface area contributed by atoms with Crippen molar-refractivity contribution >= 4 is 11.7 Å². The van der Waals surface area contributed by atoms with E-state index in [1.807, 2.05) is 30.3 Å². The van der Waals surface area contributed by atoms with Crippen molar-refractivity contribution in [1.82, 2.24) is 9.88 Å². The third-order valence-corrected chi connectivity index (χ3v) is 4.08. The van der Waals surface area contributed by atoms with Crippen LogP contribution in [-0.4, -0.2) is 29.4 Å². The molecule has 4 heteroatoms. The SMILES string of the molecule is CCCC1CCC(=O)N(Cc2ccc(NC)nc2)CC1. The first-order valence-corrected chi connectivity index (χ1v) is 7.63. The number of aromatic nitrogens is 1. The summed E-state index contributed by atoms with van der Waals surface area (Å²) in [5, 5.41) is 3.00. The number of hydrogen-bond donors (Lipinski definition) is 1. The van der Waals surface area contributed by atoms with Crippen LogP contribution in [0.2, 0.25) is 0 Å². The molecule has 20 heavy (non-hydrogen) atoms. The van der Waals surface area contributed by atoms with Crippen molar-refractivity contribution in [3.63, 3.8) is 0 Å². The van der Waals surface area contributed by atoms with Crippen LogP contribution in [0.5, 0.6) is 0 Å². The number of pyridine rings is 1. The van der Waals surface area contributed by atoms with Crippen LogP contribution in [0.15, 0.2) is 18.3 Å². The summed E-state index contributed by atoms with van der Waals surface area (Å²) in [5.41, 5.74) is 1.10. The van der Waals surface area contributed by atoms with E-state index in [0.29, 0.717) is 18.9 Å². The maximum Gasteiger partial charge on any atom is 0.222 e. The summed E-state index contributed by atoms with van der Waals surface area (Å²) in [4.78, 5) is 18.5. The zero-order chi connectivity index (χ0) is 14.4. The minimum absolute atomic E-state index is 0.293. The number of anilines is 1. The Balaban J connectivity index is 1.95. The van der Waals surface area contributed by atoms with Gasteiger partial charge in [-0.15, -0.1) is 0 Å². The van der Waals surface area contributed by atoms with Crippen molar-refractivity contribution in [2.75, 3.05) is 18.9 Å². The number of nitrogens with zero attached hydrogens (tertiary/aromatic N) is 2. The molecule has 1 amide bonds. The van der Waals surface area contributed by atoms with E-state index in [4.69, 9.17) is 0 Å². The molecule has 0 saturated carbocycles. The molecule has 1 atom stereocenters. The van der Waals surface area contributed by atoms with Crippen molar-refractivity contribution in [3.8, 4) is 0 Å². The molecule has 0 aromatic carbocycles. The maximum absolute atomic E-state index is 12.2. The number of amides is 1. The number of rotatable bonds is 5. The monoisotopic (exact) mass is 275 g/mol. The summed E-state index contributed by atoms with van der Waals surface area (Å²) in [5.74, 6) is 1.87. The van der Waals surface area contributed by atoms with Crippen LogP contribution in [0.3, 0.4) is 0 Å². The van der Waals surface area contributed by atoms with E-state index in [1.54, 1.807) is 0 Å². The quantitative estimate of drug-likeness (QED) is 0.898. The normalized spacial score (nSPS) is 19.8. The lowest BCUT2D eigenvalue weighted by Gasteiger charge is -2.21. The second-order valence-corrected chi connectivity index (χ2v) is 5.60. The van der Waals surface area contributed by atoms with E-state index in [2.05, 4.69) is 17.2 Å². The molecule has 1 N–H and O–H groups in total. The van der Waals surface area contributed by atoms with Crippen molar-refractivity contribution < 1.29 is 4.79 Å². The highest BCUT2D eigenvalue weighted by molar-refractivity contribution is 5.76. The lowest BCUT2D eigenvalue weighted by Crippen LogP contribution is -2.29. The lowest BCUT2D eigenvalue weighted by atomic mass is 9.96. The van der Waals surface area contributed by atoms with Crippen molar-refractivity contribution in [3.05, 3.63) is 23.9 Å². The third kappa shape index (κ3) is 3.95. The molecule has 2 heterocycles. The summed E-state index contributed by atoms with van der Waals surface area (Å²) in [6.07, 6.45) is 7.22. The predicted molar refractivity (Wildman–Crippen MR) is 81.4 cm³/mol. The second kappa shape index (κ2) is 7.27. The fourth-order valence-electron chi connectivity index (χ4n) is 2.84. The van der Waals surface area contributed by atoms with Gasteiger partial charge in [0.1, 0.15) is 5.82 Å². The Hall–Kier alpha value is -1.58. The van der Waals surface area contributed by atoms with Gasteiger partial charge in [-0.2, -0.15) is 0 Å². The molecule has 110 valence electrons. The molecule has 2 rings (SSSR count). The van der Waals surface area contributed by atoms with Gasteiger partial charge in [0.05, 0.1) is 0 Å². The largest absolute Gasteiger partial charge is 0.373 e. The highest BCUT2D eigenvalue weighted by Crippen LogP contribution is 2.23. The zero-order valence-corrected chi connectivity index (χ0v) is 12.6. The molecule has 1 aliphatic rings. The number of nitrogens with one attached hydrogen (secondary N) is 1. The Morgan fingerprint density at radius 1 is 1.40 bits per heavy atom. The molecule has 1 fully saturated rings. The van der Waals surface area contributed by atoms with E-state index in [1.165, 1.54) is 12.8 Å². The molecule has 0 aliphatic carbocycles. The zero-order valence-electron chi connectivity index (χ0n) is 12.6. The van der Waals surface area contributed by atoms with Crippen LogP contribution in [-0.2, 0) is 11.3 Å². The van der Waals surface area contributed by atoms with E-state index < -0.39 is 0 Å². The maximum atomic E-state index is 12.2. The fourth-order valence-corrected chi connectivity index (χ4v) is 2.84. The second-order valence-electron chi connectivity index (χ2n) is 5.60. The smallest absolute Gasteiger partial charge is 0.222 e. The van der Waals surface area contributed by atoms with Crippen molar-refractivity contribution in [2.45, 2.75) is 45.6 Å². The highest BCUT2D eigenvalue weighted by Gasteiger charge is 2.22. The van der Waals surface area contributed by atoms with Gasteiger partial charge in [-0.1, -0.05) is 25.8 Å². The van der Waals surface area contributed by atoms with Gasteiger partial charge < -0.3 is 10.2 Å². The predicted octanol–water partition coefficient (Wildman–Crippen LogP) is 3.05. The summed E-state index contributed by atoms with van der Waals surface area (Å²) >= 11 is 0. The summed E-state index contributed by atoms with van der Waals surface area (Å²) < 4.78 is 0. The van der Waals surface area contributed by atoms with Crippen LogP contribution in [0, 0.1) is 5.92 Å². The molecule has 1 saturated heterocycles. The first kappa shape index (κ1) is 14.8. The summed E-state index contributed by atoms with van der Waals surface area (Å²) in [6, 6.07) is 4.00. The van der Waals surface area contributed by atoms with E-state index in [9.17, 15) is 4.79 Å². The molecule has 1 unspecified atom stereocenters. The van der Waals surface area contributed by atoms with Gasteiger partial charge >= 0.3 is 0 Å². The van der Waals surface area contributed by atoms with Crippen molar-refractivity contribution in [2.24, 2.45) is 5.92 Å². The van der Waals surface area contributed by atoms with Gasteiger partial charge in [0.15, 0.2) is 0 Å². The average molecular weight is 275 g/mol. The summed E-state index contributed by atoms with van der Waals surface area (Å²) in [7, 11) is 1.86. The molecular weight excluding hydrogens is 250 g/mol. The minimum atomic E-state index is 0.293. The lowest BCUT2D eigenvalue weighted by molar-refractivity contribution is -0.131. The highest BCUT2D eigenvalue weighted by atomic mass is 16.2. The number of carbonyl (C=O) groups is 1. The Morgan fingerprint density at radius 2 is 2.25 bits per heavy atom. The van der Waals surface area contributed by atoms with E-state index in [0.717, 1.165) is 36.7 Å². The summed E-state index contributed by atoms with van der Waals surface area (Å²) in [6.45, 7) is 3.80.